The Kier molecular flexibility index (Phi) is 2.84. The maximum Gasteiger partial charge on any atom is 0.0541 e. The Labute approximate surface area is 156 Å². The Morgan fingerprint density at radius 1 is 0.593 bits per heavy atom. The lowest BCUT2D eigenvalue weighted by Crippen LogP contribution is -1.93. The normalized spacial score (nSPS) is 11.9. The average Bonchev–Trinajstić information content (AvgIpc) is 3.22. The third kappa shape index (κ3) is 2.01. The molecule has 0 saturated carbocycles. The maximum absolute atomic E-state index is 3.56. The minimum Gasteiger partial charge on any atom is -0.355 e. The zero-order valence-electron chi connectivity index (χ0n) is 15.0. The molecule has 0 bridgehead atoms. The lowest BCUT2D eigenvalue weighted by Gasteiger charge is -2.08. The molecule has 2 nitrogen and oxygen atoms in total. The van der Waals surface area contributed by atoms with Crippen LogP contribution in [0.1, 0.15) is 5.56 Å². The van der Waals surface area contributed by atoms with Crippen molar-refractivity contribution in [2.75, 3.05) is 0 Å². The largest absolute Gasteiger partial charge is 0.355 e. The van der Waals surface area contributed by atoms with Crippen molar-refractivity contribution >= 4 is 43.6 Å². The van der Waals surface area contributed by atoms with Crippen LogP contribution in [0, 0.1) is 6.92 Å². The monoisotopic (exact) mass is 346 g/mol. The molecule has 0 saturated heterocycles. The number of benzene rings is 4. The smallest absolute Gasteiger partial charge is 0.0541 e. The average molecular weight is 346 g/mol. The second-order valence-electron chi connectivity index (χ2n) is 7.27. The van der Waals surface area contributed by atoms with E-state index in [0.29, 0.717) is 0 Å². The topological polar surface area (TPSA) is 20.7 Å². The third-order valence-corrected chi connectivity index (χ3v) is 5.58. The Morgan fingerprint density at radius 3 is 2.04 bits per heavy atom. The zero-order valence-corrected chi connectivity index (χ0v) is 15.0. The number of aromatic amines is 1. The fourth-order valence-corrected chi connectivity index (χ4v) is 4.35. The molecule has 0 aliphatic carbocycles. The molecule has 0 spiro atoms. The summed E-state index contributed by atoms with van der Waals surface area (Å²) in [4.78, 5) is 3.56. The van der Waals surface area contributed by atoms with Gasteiger partial charge in [-0.2, -0.15) is 0 Å². The fraction of sp³-hybridized carbons (Fsp3) is 0.0400. The molecule has 0 amide bonds. The van der Waals surface area contributed by atoms with Crippen LogP contribution in [0.15, 0.2) is 84.9 Å². The lowest BCUT2D eigenvalue weighted by atomic mass is 10.1. The molecular weight excluding hydrogens is 328 g/mol. The minimum absolute atomic E-state index is 1.18. The van der Waals surface area contributed by atoms with Gasteiger partial charge in [-0.3, -0.25) is 0 Å². The van der Waals surface area contributed by atoms with Crippen molar-refractivity contribution in [2.45, 2.75) is 6.92 Å². The predicted octanol–water partition coefficient (Wildman–Crippen LogP) is 6.73. The number of hydrogen-bond acceptors (Lipinski definition) is 0. The van der Waals surface area contributed by atoms with Gasteiger partial charge in [-0.1, -0.05) is 48.5 Å². The summed E-state index contributed by atoms with van der Waals surface area (Å²) in [5.74, 6) is 0. The van der Waals surface area contributed by atoms with Crippen LogP contribution >= 0.6 is 0 Å². The Balaban J connectivity index is 1.73. The van der Waals surface area contributed by atoms with Crippen molar-refractivity contribution in [3.05, 3.63) is 90.5 Å². The molecule has 0 aliphatic heterocycles. The van der Waals surface area contributed by atoms with Gasteiger partial charge in [0, 0.05) is 38.3 Å². The van der Waals surface area contributed by atoms with Crippen molar-refractivity contribution in [3.63, 3.8) is 0 Å². The number of para-hydroxylation sites is 2. The van der Waals surface area contributed by atoms with Crippen molar-refractivity contribution in [2.24, 2.45) is 0 Å². The standard InChI is InChI=1S/C25H18N2/c1-16-10-12-18-21-15-17(11-13-22(21)26-23(18)14-16)27-24-8-4-2-6-19(24)20-7-3-5-9-25(20)27/h2-15,26H,1H3. The van der Waals surface area contributed by atoms with Crippen molar-refractivity contribution < 1.29 is 0 Å². The number of nitrogens with one attached hydrogen (secondary N) is 1. The van der Waals surface area contributed by atoms with Crippen LogP contribution in [0.4, 0.5) is 0 Å². The van der Waals surface area contributed by atoms with Gasteiger partial charge >= 0.3 is 0 Å². The number of nitrogens with zero attached hydrogens (tertiary/aromatic N) is 1. The molecule has 6 rings (SSSR count). The zero-order chi connectivity index (χ0) is 18.0. The number of aryl methyl sites for hydroxylation is 1. The molecule has 2 aromatic heterocycles. The molecule has 0 unspecified atom stereocenters. The first-order valence-electron chi connectivity index (χ1n) is 9.30. The highest BCUT2D eigenvalue weighted by atomic mass is 15.0. The number of H-pyrrole nitrogens is 1. The maximum atomic E-state index is 3.56. The van der Waals surface area contributed by atoms with Crippen LogP contribution in [-0.2, 0) is 0 Å². The Hall–Kier alpha value is -3.52. The molecular formula is C25H18N2. The van der Waals surface area contributed by atoms with E-state index in [0.717, 1.165) is 0 Å². The van der Waals surface area contributed by atoms with Crippen LogP contribution < -0.4 is 0 Å². The van der Waals surface area contributed by atoms with Gasteiger partial charge in [0.15, 0.2) is 0 Å². The molecule has 128 valence electrons. The first kappa shape index (κ1) is 14.6. The molecule has 1 N–H and O–H groups in total. The number of fused-ring (bicyclic) bond motifs is 6. The summed E-state index contributed by atoms with van der Waals surface area (Å²) in [6, 6.07) is 30.6. The summed E-state index contributed by atoms with van der Waals surface area (Å²) in [6.07, 6.45) is 0. The summed E-state index contributed by atoms with van der Waals surface area (Å²) in [6.45, 7) is 2.13. The van der Waals surface area contributed by atoms with E-state index in [1.807, 2.05) is 0 Å². The van der Waals surface area contributed by atoms with E-state index in [4.69, 9.17) is 0 Å². The first-order chi connectivity index (χ1) is 13.3. The highest BCUT2D eigenvalue weighted by Gasteiger charge is 2.12. The van der Waals surface area contributed by atoms with E-state index >= 15 is 0 Å². The lowest BCUT2D eigenvalue weighted by molar-refractivity contribution is 1.19. The second kappa shape index (κ2) is 5.24. The summed E-state index contributed by atoms with van der Waals surface area (Å²) in [5.41, 5.74) is 7.34. The van der Waals surface area contributed by atoms with Crippen LogP contribution in [0.3, 0.4) is 0 Å². The summed E-state index contributed by atoms with van der Waals surface area (Å²) in [5, 5.41) is 5.13. The highest BCUT2D eigenvalue weighted by molar-refractivity contribution is 6.11. The molecule has 0 radical (unpaired) electrons. The van der Waals surface area contributed by atoms with E-state index in [9.17, 15) is 0 Å². The number of hydrogen-bond donors (Lipinski definition) is 1. The first-order valence-corrected chi connectivity index (χ1v) is 9.30. The molecule has 2 heterocycles. The Bertz CT molecular complexity index is 1430. The molecule has 0 fully saturated rings. The van der Waals surface area contributed by atoms with Gasteiger partial charge in [-0.25, -0.2) is 0 Å². The van der Waals surface area contributed by atoms with E-state index in [1.165, 1.54) is 54.9 Å². The van der Waals surface area contributed by atoms with Crippen molar-refractivity contribution in [1.82, 2.24) is 9.55 Å². The minimum atomic E-state index is 1.18. The van der Waals surface area contributed by atoms with Gasteiger partial charge in [0.05, 0.1) is 11.0 Å². The number of rotatable bonds is 1. The van der Waals surface area contributed by atoms with Crippen LogP contribution in [0.2, 0.25) is 0 Å². The van der Waals surface area contributed by atoms with Crippen LogP contribution in [-0.4, -0.2) is 9.55 Å². The van der Waals surface area contributed by atoms with Crippen molar-refractivity contribution in [1.29, 1.82) is 0 Å². The van der Waals surface area contributed by atoms with Gasteiger partial charge in [-0.15, -0.1) is 0 Å². The molecule has 0 atom stereocenters. The highest BCUT2D eigenvalue weighted by Crippen LogP contribution is 2.34. The molecule has 0 aliphatic rings. The molecule has 2 heteroatoms. The molecule has 4 aromatic carbocycles. The number of aromatic nitrogens is 2. The van der Waals surface area contributed by atoms with Gasteiger partial charge in [-0.05, 0) is 48.9 Å². The van der Waals surface area contributed by atoms with Gasteiger partial charge in [0.2, 0.25) is 0 Å². The van der Waals surface area contributed by atoms with Gasteiger partial charge in [0.25, 0.3) is 0 Å². The Morgan fingerprint density at radius 2 is 1.30 bits per heavy atom. The predicted molar refractivity (Wildman–Crippen MR) is 115 cm³/mol. The second-order valence-corrected chi connectivity index (χ2v) is 7.27. The van der Waals surface area contributed by atoms with Crippen LogP contribution in [0.25, 0.3) is 49.3 Å². The van der Waals surface area contributed by atoms with Crippen LogP contribution in [0.5, 0.6) is 0 Å². The summed E-state index contributed by atoms with van der Waals surface area (Å²) < 4.78 is 2.37. The SMILES string of the molecule is Cc1ccc2c(c1)[nH]c1ccc(-n3c4ccccc4c4ccccc43)cc12. The van der Waals surface area contributed by atoms with E-state index in [2.05, 4.69) is 101 Å². The van der Waals surface area contributed by atoms with E-state index < -0.39 is 0 Å². The molecule has 6 aromatic rings. The van der Waals surface area contributed by atoms with Crippen molar-refractivity contribution in [3.8, 4) is 5.69 Å². The fourth-order valence-electron chi connectivity index (χ4n) is 4.35. The third-order valence-electron chi connectivity index (χ3n) is 5.58. The summed E-state index contributed by atoms with van der Waals surface area (Å²) in [7, 11) is 0. The van der Waals surface area contributed by atoms with Gasteiger partial charge in [0.1, 0.15) is 0 Å². The van der Waals surface area contributed by atoms with Gasteiger partial charge < -0.3 is 9.55 Å². The van der Waals surface area contributed by atoms with E-state index in [-0.39, 0.29) is 0 Å². The molecule has 27 heavy (non-hydrogen) atoms. The van der Waals surface area contributed by atoms with E-state index in [1.54, 1.807) is 0 Å². The quantitative estimate of drug-likeness (QED) is 0.341. The summed E-state index contributed by atoms with van der Waals surface area (Å²) >= 11 is 0.